The highest BCUT2D eigenvalue weighted by Crippen LogP contribution is 2.52. The molecule has 0 amide bonds. The molecule has 0 aliphatic carbocycles. The van der Waals surface area contributed by atoms with Gasteiger partial charge in [-0.05, 0) is 31.2 Å². The first-order valence-electron chi connectivity index (χ1n) is 8.22. The fourth-order valence-electron chi connectivity index (χ4n) is 2.44. The van der Waals surface area contributed by atoms with Gasteiger partial charge in [-0.25, -0.2) is 0 Å². The molecule has 1 unspecified atom stereocenters. The van der Waals surface area contributed by atoms with Gasteiger partial charge < -0.3 is 19.1 Å². The fraction of sp³-hybridized carbons (Fsp3) is 0.294. The molecule has 8 nitrogen and oxygen atoms in total. The van der Waals surface area contributed by atoms with Crippen molar-refractivity contribution in [2.45, 2.75) is 18.9 Å². The van der Waals surface area contributed by atoms with E-state index in [2.05, 4.69) is 5.32 Å². The summed E-state index contributed by atoms with van der Waals surface area (Å²) < 4.78 is 65.9. The third-order valence-corrected chi connectivity index (χ3v) is 6.39. The predicted octanol–water partition coefficient (Wildman–Crippen LogP) is 6.30. The van der Waals surface area contributed by atoms with Crippen LogP contribution in [0.5, 0.6) is 11.5 Å². The number of hydrogen-bond donors (Lipinski definition) is 1. The van der Waals surface area contributed by atoms with E-state index in [-0.39, 0.29) is 27.9 Å². The van der Waals surface area contributed by atoms with Crippen molar-refractivity contribution in [1.29, 1.82) is 0 Å². The molecular formula is C17H17ClF3N2O6P. The highest BCUT2D eigenvalue weighted by molar-refractivity contribution is 7.54. The number of rotatable bonds is 8. The third kappa shape index (κ3) is 5.42. The van der Waals surface area contributed by atoms with Gasteiger partial charge in [0.1, 0.15) is 23.0 Å². The number of nitrogens with one attached hydrogen (secondary N) is 1. The molecule has 0 aliphatic heterocycles. The first-order valence-corrected chi connectivity index (χ1v) is 10.2. The van der Waals surface area contributed by atoms with Crippen LogP contribution < -0.4 is 10.1 Å². The quantitative estimate of drug-likeness (QED) is 0.275. The number of nitrogens with zero attached hydrogens (tertiary/aromatic N) is 1. The van der Waals surface area contributed by atoms with Crippen LogP contribution in [0.3, 0.4) is 0 Å². The van der Waals surface area contributed by atoms with Gasteiger partial charge in [-0.1, -0.05) is 11.6 Å². The number of nitro groups is 1. The number of benzene rings is 2. The van der Waals surface area contributed by atoms with Gasteiger partial charge in [-0.15, -0.1) is 0 Å². The second-order valence-electron chi connectivity index (χ2n) is 5.91. The highest BCUT2D eigenvalue weighted by atomic mass is 35.5. The maximum absolute atomic E-state index is 12.8. The van der Waals surface area contributed by atoms with Crippen molar-refractivity contribution < 1.29 is 36.4 Å². The lowest BCUT2D eigenvalue weighted by atomic mass is 10.2. The van der Waals surface area contributed by atoms with Gasteiger partial charge in [0, 0.05) is 26.4 Å². The first-order chi connectivity index (χ1) is 13.9. The van der Waals surface area contributed by atoms with Crippen molar-refractivity contribution in [3.63, 3.8) is 0 Å². The molecule has 0 bridgehead atoms. The number of halogens is 4. The minimum absolute atomic E-state index is 0.0432. The van der Waals surface area contributed by atoms with E-state index in [1.54, 1.807) is 0 Å². The zero-order valence-corrected chi connectivity index (χ0v) is 17.5. The Kier molecular flexibility index (Phi) is 7.36. The van der Waals surface area contributed by atoms with Crippen molar-refractivity contribution in [2.75, 3.05) is 19.5 Å². The molecule has 0 aromatic heterocycles. The molecule has 0 saturated carbocycles. The second-order valence-corrected chi connectivity index (χ2v) is 8.90. The van der Waals surface area contributed by atoms with Gasteiger partial charge in [0.25, 0.3) is 5.69 Å². The second kappa shape index (κ2) is 9.22. The van der Waals surface area contributed by atoms with Crippen LogP contribution >= 0.6 is 19.2 Å². The molecule has 2 aromatic carbocycles. The molecule has 2 rings (SSSR count). The van der Waals surface area contributed by atoms with Crippen LogP contribution in [0.2, 0.25) is 5.02 Å². The van der Waals surface area contributed by atoms with Gasteiger partial charge in [-0.2, -0.15) is 13.2 Å². The summed E-state index contributed by atoms with van der Waals surface area (Å²) in [6.07, 6.45) is -4.57. The van der Waals surface area contributed by atoms with Crippen LogP contribution in [0, 0.1) is 10.1 Å². The zero-order valence-electron chi connectivity index (χ0n) is 15.9. The maximum atomic E-state index is 12.8. The summed E-state index contributed by atoms with van der Waals surface area (Å²) in [5.41, 5.74) is -1.37. The number of nitro benzene ring substituents is 1. The molecule has 0 radical (unpaired) electrons. The lowest BCUT2D eigenvalue weighted by molar-refractivity contribution is -0.384. The van der Waals surface area contributed by atoms with Gasteiger partial charge in [0.2, 0.25) is 0 Å². The fourth-order valence-corrected chi connectivity index (χ4v) is 3.73. The molecule has 30 heavy (non-hydrogen) atoms. The summed E-state index contributed by atoms with van der Waals surface area (Å²) >= 11 is 5.87. The van der Waals surface area contributed by atoms with Crippen LogP contribution in [0.4, 0.5) is 24.5 Å². The Balaban J connectivity index is 2.36. The van der Waals surface area contributed by atoms with Gasteiger partial charge >= 0.3 is 13.8 Å². The molecule has 164 valence electrons. The predicted molar refractivity (Wildman–Crippen MR) is 104 cm³/mol. The third-order valence-electron chi connectivity index (χ3n) is 4.00. The summed E-state index contributed by atoms with van der Waals surface area (Å²) in [4.78, 5) is 10.6. The average Bonchev–Trinajstić information content (AvgIpc) is 2.68. The van der Waals surface area contributed by atoms with E-state index in [9.17, 15) is 27.9 Å². The smallest absolute Gasteiger partial charge is 0.416 e. The van der Waals surface area contributed by atoms with Crippen LogP contribution in [0.1, 0.15) is 12.5 Å². The van der Waals surface area contributed by atoms with E-state index in [1.165, 1.54) is 33.3 Å². The lowest BCUT2D eigenvalue weighted by Gasteiger charge is -2.22. The van der Waals surface area contributed by atoms with E-state index >= 15 is 0 Å². The maximum Gasteiger partial charge on any atom is 0.416 e. The Morgan fingerprint density at radius 3 is 2.30 bits per heavy atom. The van der Waals surface area contributed by atoms with E-state index in [4.69, 9.17) is 25.4 Å². The van der Waals surface area contributed by atoms with Crippen LogP contribution in [-0.4, -0.2) is 24.9 Å². The van der Waals surface area contributed by atoms with Crippen LogP contribution in [0.15, 0.2) is 36.4 Å². The van der Waals surface area contributed by atoms with E-state index in [0.717, 1.165) is 18.2 Å². The number of hydrogen-bond acceptors (Lipinski definition) is 7. The van der Waals surface area contributed by atoms with Crippen molar-refractivity contribution in [1.82, 2.24) is 0 Å². The van der Waals surface area contributed by atoms with E-state index in [0.29, 0.717) is 6.07 Å². The summed E-state index contributed by atoms with van der Waals surface area (Å²) in [6.45, 7) is 1.44. The standard InChI is InChI=1S/C17H17ClF3N2O6P/c1-10(30(26,27-2)28-3)22-14-9-12(5-6-15(14)23(24)25)29-16-7-4-11(8-13(16)18)17(19,20)21/h4-10,22H,1-3H3. The molecular weight excluding hydrogens is 452 g/mol. The van der Waals surface area contributed by atoms with Gasteiger partial charge in [0.15, 0.2) is 0 Å². The Morgan fingerprint density at radius 2 is 1.80 bits per heavy atom. The SMILES string of the molecule is COP(=O)(OC)C(C)Nc1cc(Oc2ccc(C(F)(F)F)cc2Cl)ccc1[N+](=O)[O-]. The Bertz CT molecular complexity index is 980. The molecule has 0 heterocycles. The molecule has 0 saturated heterocycles. The summed E-state index contributed by atoms with van der Waals surface area (Å²) in [6, 6.07) is 6.12. The molecule has 0 aliphatic rings. The van der Waals surface area contributed by atoms with Crippen molar-refractivity contribution in [2.24, 2.45) is 0 Å². The first kappa shape index (κ1) is 23.9. The molecule has 13 heteroatoms. The average molecular weight is 469 g/mol. The summed E-state index contributed by atoms with van der Waals surface area (Å²) in [5, 5.41) is 13.7. The Morgan fingerprint density at radius 1 is 1.17 bits per heavy atom. The molecule has 0 spiro atoms. The molecule has 2 aromatic rings. The Labute approximate surface area is 174 Å². The highest BCUT2D eigenvalue weighted by Gasteiger charge is 2.32. The summed E-state index contributed by atoms with van der Waals surface area (Å²) in [5.74, 6) is -1.00. The number of alkyl halides is 3. The zero-order chi connectivity index (χ0) is 22.7. The normalized spacial score (nSPS) is 13.0. The monoisotopic (exact) mass is 468 g/mol. The molecule has 1 atom stereocenters. The Hall–Kier alpha value is -2.33. The van der Waals surface area contributed by atoms with Crippen LogP contribution in [-0.2, 0) is 19.8 Å². The lowest BCUT2D eigenvalue weighted by Crippen LogP contribution is -2.18. The van der Waals surface area contributed by atoms with E-state index < -0.39 is 30.0 Å². The molecule has 0 fully saturated rings. The van der Waals surface area contributed by atoms with Gasteiger partial charge in [-0.3, -0.25) is 14.7 Å². The van der Waals surface area contributed by atoms with Crippen molar-refractivity contribution >= 4 is 30.6 Å². The summed E-state index contributed by atoms with van der Waals surface area (Å²) in [7, 11) is -1.26. The van der Waals surface area contributed by atoms with Crippen LogP contribution in [0.25, 0.3) is 0 Å². The van der Waals surface area contributed by atoms with Crippen molar-refractivity contribution in [3.8, 4) is 11.5 Å². The van der Waals surface area contributed by atoms with Crippen molar-refractivity contribution in [3.05, 3.63) is 57.1 Å². The number of ether oxygens (including phenoxy) is 1. The molecule has 1 N–H and O–H groups in total. The van der Waals surface area contributed by atoms with Gasteiger partial charge in [0.05, 0.1) is 15.5 Å². The van der Waals surface area contributed by atoms with E-state index in [1.807, 2.05) is 0 Å². The number of anilines is 1. The topological polar surface area (TPSA) is 99.9 Å². The minimum atomic E-state index is -4.57. The minimum Gasteiger partial charge on any atom is -0.456 e. The largest absolute Gasteiger partial charge is 0.456 e.